The van der Waals surface area contributed by atoms with E-state index in [1.54, 1.807) is 18.2 Å². The fourth-order valence-electron chi connectivity index (χ4n) is 3.40. The molecule has 6 nitrogen and oxygen atoms in total. The van der Waals surface area contributed by atoms with E-state index in [1.807, 2.05) is 18.2 Å². The highest BCUT2D eigenvalue weighted by atomic mass is 32.1. The predicted octanol–water partition coefficient (Wildman–Crippen LogP) is 3.40. The third-order valence-electron chi connectivity index (χ3n) is 4.90. The molecule has 28 heavy (non-hydrogen) atoms. The minimum Gasteiger partial charge on any atom is -0.350 e. The molecule has 0 aliphatic carbocycles. The van der Waals surface area contributed by atoms with E-state index >= 15 is 0 Å². The van der Waals surface area contributed by atoms with Gasteiger partial charge in [0.2, 0.25) is 0 Å². The average Bonchev–Trinajstić information content (AvgIpc) is 2.71. The smallest absolute Gasteiger partial charge is 0.259 e. The molecule has 146 valence electrons. The molecule has 0 fully saturated rings. The van der Waals surface area contributed by atoms with E-state index in [-0.39, 0.29) is 22.3 Å². The monoisotopic (exact) mass is 396 g/mol. The number of carbonyl (C=O) groups is 1. The second kappa shape index (κ2) is 8.95. The fourth-order valence-corrected chi connectivity index (χ4v) is 3.60. The Labute approximate surface area is 168 Å². The van der Waals surface area contributed by atoms with Gasteiger partial charge in [0, 0.05) is 12.1 Å². The Morgan fingerprint density at radius 3 is 2.50 bits per heavy atom. The first-order valence-corrected chi connectivity index (χ1v) is 9.77. The summed E-state index contributed by atoms with van der Waals surface area (Å²) in [5.41, 5.74) is 1.93. The first-order valence-electron chi connectivity index (χ1n) is 9.37. The number of H-pyrrole nitrogens is 2. The van der Waals surface area contributed by atoms with Crippen LogP contribution in [0.2, 0.25) is 0 Å². The Kier molecular flexibility index (Phi) is 6.38. The molecule has 3 rings (SSSR count). The van der Waals surface area contributed by atoms with Crippen LogP contribution in [-0.2, 0) is 0 Å². The van der Waals surface area contributed by atoms with Gasteiger partial charge in [-0.05, 0) is 49.1 Å². The number of rotatable bonds is 7. The molecular weight excluding hydrogens is 372 g/mol. The maximum absolute atomic E-state index is 12.7. The van der Waals surface area contributed by atoms with Crippen LogP contribution >= 0.6 is 12.2 Å². The van der Waals surface area contributed by atoms with Crippen molar-refractivity contribution in [1.29, 1.82) is 0 Å². The Morgan fingerprint density at radius 1 is 1.11 bits per heavy atom. The van der Waals surface area contributed by atoms with Crippen LogP contribution in [0, 0.1) is 4.77 Å². The molecule has 3 N–H and O–H groups in total. The van der Waals surface area contributed by atoms with E-state index in [2.05, 4.69) is 46.2 Å². The number of carbonyl (C=O) groups excluding carboxylic acids is 1. The number of benzene rings is 2. The van der Waals surface area contributed by atoms with Gasteiger partial charge in [-0.1, -0.05) is 44.2 Å². The summed E-state index contributed by atoms with van der Waals surface area (Å²) in [4.78, 5) is 32.5. The quantitative estimate of drug-likeness (QED) is 0.535. The van der Waals surface area contributed by atoms with Gasteiger partial charge < -0.3 is 10.3 Å². The minimum absolute atomic E-state index is 0.0919. The van der Waals surface area contributed by atoms with Crippen LogP contribution < -0.4 is 10.9 Å². The number of likely N-dealkylation sites (N-methyl/N-ethyl adjacent to an activating group) is 1. The molecule has 1 atom stereocenters. The van der Waals surface area contributed by atoms with Gasteiger partial charge in [-0.25, -0.2) is 0 Å². The summed E-state index contributed by atoms with van der Waals surface area (Å²) >= 11 is 5.01. The van der Waals surface area contributed by atoms with E-state index in [4.69, 9.17) is 12.2 Å². The van der Waals surface area contributed by atoms with Crippen molar-refractivity contribution in [2.24, 2.45) is 0 Å². The third kappa shape index (κ3) is 4.37. The van der Waals surface area contributed by atoms with E-state index in [0.29, 0.717) is 23.0 Å². The molecule has 0 spiro atoms. The van der Waals surface area contributed by atoms with Crippen LogP contribution in [0.4, 0.5) is 0 Å². The summed E-state index contributed by atoms with van der Waals surface area (Å²) in [6.45, 7) is 6.51. The van der Waals surface area contributed by atoms with E-state index in [1.165, 1.54) is 5.56 Å². The van der Waals surface area contributed by atoms with Crippen LogP contribution in [-0.4, -0.2) is 40.4 Å². The zero-order valence-electron chi connectivity index (χ0n) is 16.0. The van der Waals surface area contributed by atoms with Crippen molar-refractivity contribution < 1.29 is 4.79 Å². The van der Waals surface area contributed by atoms with Gasteiger partial charge in [0.05, 0.1) is 16.9 Å². The van der Waals surface area contributed by atoms with Crippen molar-refractivity contribution in [2.75, 3.05) is 19.6 Å². The van der Waals surface area contributed by atoms with Crippen LogP contribution in [0.15, 0.2) is 53.3 Å². The molecule has 0 bridgehead atoms. The molecule has 0 aliphatic heterocycles. The molecule has 1 aromatic heterocycles. The maximum Gasteiger partial charge on any atom is 0.259 e. The molecule has 2 aromatic carbocycles. The van der Waals surface area contributed by atoms with E-state index in [0.717, 1.165) is 13.1 Å². The number of nitrogens with zero attached hydrogens (tertiary/aromatic N) is 1. The lowest BCUT2D eigenvalue weighted by molar-refractivity contribution is 0.0935. The first kappa shape index (κ1) is 20.0. The number of hydrogen-bond acceptors (Lipinski definition) is 4. The topological polar surface area (TPSA) is 81.0 Å². The second-order valence-corrected chi connectivity index (χ2v) is 6.93. The lowest BCUT2D eigenvalue weighted by Crippen LogP contribution is -2.38. The molecule has 1 amide bonds. The van der Waals surface area contributed by atoms with Crippen LogP contribution in [0.25, 0.3) is 10.9 Å². The first-order chi connectivity index (χ1) is 13.5. The normalized spacial score (nSPS) is 12.2. The standard InChI is InChI=1S/C21H24N4O2S/c1-3-25(4-2)18(14-8-6-5-7-9-14)13-22-19(26)15-10-11-16-17(12-15)23-21(28)24-20(16)27/h5-12,18H,3-4,13H2,1-2H3,(H,22,26)(H2,23,24,27,28). The largest absolute Gasteiger partial charge is 0.350 e. The molecule has 0 radical (unpaired) electrons. The summed E-state index contributed by atoms with van der Waals surface area (Å²) in [6.07, 6.45) is 0. The number of nitrogens with one attached hydrogen (secondary N) is 3. The number of amides is 1. The average molecular weight is 397 g/mol. The molecule has 1 unspecified atom stereocenters. The highest BCUT2D eigenvalue weighted by molar-refractivity contribution is 7.71. The number of aromatic nitrogens is 2. The molecule has 1 heterocycles. The highest BCUT2D eigenvalue weighted by Gasteiger charge is 2.19. The van der Waals surface area contributed by atoms with Gasteiger partial charge in [0.1, 0.15) is 0 Å². The van der Waals surface area contributed by atoms with Crippen molar-refractivity contribution in [3.05, 3.63) is 74.8 Å². The zero-order valence-corrected chi connectivity index (χ0v) is 16.8. The van der Waals surface area contributed by atoms with Gasteiger partial charge in [-0.15, -0.1) is 0 Å². The van der Waals surface area contributed by atoms with Crippen molar-refractivity contribution in [2.45, 2.75) is 19.9 Å². The molecule has 0 saturated carbocycles. The SMILES string of the molecule is CCN(CC)C(CNC(=O)c1ccc2c(=O)[nH]c(=S)[nH]c2c1)c1ccccc1. The Bertz CT molecular complexity index is 1070. The Morgan fingerprint density at radius 2 is 1.82 bits per heavy atom. The summed E-state index contributed by atoms with van der Waals surface area (Å²) in [5.74, 6) is -0.186. The number of aromatic amines is 2. The second-order valence-electron chi connectivity index (χ2n) is 6.53. The van der Waals surface area contributed by atoms with Gasteiger partial charge in [-0.3, -0.25) is 19.5 Å². The lowest BCUT2D eigenvalue weighted by atomic mass is 10.0. The predicted molar refractivity (Wildman–Crippen MR) is 114 cm³/mol. The molecule has 3 aromatic rings. The van der Waals surface area contributed by atoms with Gasteiger partial charge in [0.25, 0.3) is 11.5 Å². The Balaban J connectivity index is 1.82. The maximum atomic E-state index is 12.7. The summed E-state index contributed by atoms with van der Waals surface area (Å²) in [7, 11) is 0. The molecular formula is C21H24N4O2S. The summed E-state index contributed by atoms with van der Waals surface area (Å²) in [5, 5.41) is 3.50. The highest BCUT2D eigenvalue weighted by Crippen LogP contribution is 2.20. The van der Waals surface area contributed by atoms with Crippen molar-refractivity contribution >= 4 is 29.0 Å². The van der Waals surface area contributed by atoms with Crippen molar-refractivity contribution in [3.63, 3.8) is 0 Å². The van der Waals surface area contributed by atoms with Crippen molar-refractivity contribution in [1.82, 2.24) is 20.2 Å². The third-order valence-corrected chi connectivity index (χ3v) is 5.10. The van der Waals surface area contributed by atoms with Gasteiger partial charge in [-0.2, -0.15) is 0 Å². The molecule has 7 heteroatoms. The van der Waals surface area contributed by atoms with Crippen LogP contribution in [0.3, 0.4) is 0 Å². The van der Waals surface area contributed by atoms with Gasteiger partial charge >= 0.3 is 0 Å². The Hall–Kier alpha value is -2.77. The van der Waals surface area contributed by atoms with Crippen molar-refractivity contribution in [3.8, 4) is 0 Å². The minimum atomic E-state index is -0.267. The van der Waals surface area contributed by atoms with Crippen LogP contribution in [0.1, 0.15) is 35.8 Å². The number of fused-ring (bicyclic) bond motifs is 1. The molecule has 0 aliphatic rings. The van der Waals surface area contributed by atoms with Gasteiger partial charge in [0.15, 0.2) is 4.77 Å². The molecule has 0 saturated heterocycles. The lowest BCUT2D eigenvalue weighted by Gasteiger charge is -2.30. The summed E-state index contributed by atoms with van der Waals surface area (Å²) < 4.78 is 0.237. The van der Waals surface area contributed by atoms with E-state index in [9.17, 15) is 9.59 Å². The van der Waals surface area contributed by atoms with Crippen LogP contribution in [0.5, 0.6) is 0 Å². The number of hydrogen-bond donors (Lipinski definition) is 3. The fraction of sp³-hybridized carbons (Fsp3) is 0.286. The zero-order chi connectivity index (χ0) is 20.1. The summed E-state index contributed by atoms with van der Waals surface area (Å²) in [6, 6.07) is 15.2. The van der Waals surface area contributed by atoms with E-state index < -0.39 is 0 Å².